The van der Waals surface area contributed by atoms with E-state index in [0.29, 0.717) is 11.4 Å². The van der Waals surface area contributed by atoms with Crippen LogP contribution in [0.2, 0.25) is 0 Å². The molecule has 0 aliphatic rings. The van der Waals surface area contributed by atoms with Gasteiger partial charge < -0.3 is 10.6 Å². The minimum Gasteiger partial charge on any atom is -0.326 e. The van der Waals surface area contributed by atoms with Crippen LogP contribution in [0, 0.1) is 11.8 Å². The molecule has 7 heteroatoms. The molecule has 144 valence electrons. The van der Waals surface area contributed by atoms with Crippen molar-refractivity contribution in [3.05, 3.63) is 48.5 Å². The second-order valence-corrected chi connectivity index (χ2v) is 8.79. The maximum Gasteiger partial charge on any atom is 0.226 e. The van der Waals surface area contributed by atoms with Gasteiger partial charge >= 0.3 is 0 Å². The summed E-state index contributed by atoms with van der Waals surface area (Å²) in [6, 6.07) is 12.1. The first-order valence-electron chi connectivity index (χ1n) is 8.68. The van der Waals surface area contributed by atoms with Crippen molar-refractivity contribution < 1.29 is 18.0 Å². The Balaban J connectivity index is 2.18. The largest absolute Gasteiger partial charge is 0.326 e. The summed E-state index contributed by atoms with van der Waals surface area (Å²) in [6.07, 6.45) is 0. The molecule has 0 aromatic heterocycles. The molecule has 0 aliphatic carbocycles. The van der Waals surface area contributed by atoms with E-state index in [2.05, 4.69) is 10.6 Å². The van der Waals surface area contributed by atoms with E-state index in [-0.39, 0.29) is 33.4 Å². The first-order chi connectivity index (χ1) is 12.6. The zero-order chi connectivity index (χ0) is 20.2. The second-order valence-electron chi connectivity index (χ2n) is 6.84. The Hall–Kier alpha value is -2.67. The Morgan fingerprint density at radius 2 is 0.963 bits per heavy atom. The summed E-state index contributed by atoms with van der Waals surface area (Å²) < 4.78 is 25.5. The van der Waals surface area contributed by atoms with Crippen LogP contribution < -0.4 is 10.6 Å². The molecular weight excluding hydrogens is 364 g/mol. The zero-order valence-electron chi connectivity index (χ0n) is 15.8. The van der Waals surface area contributed by atoms with Crippen molar-refractivity contribution in [1.82, 2.24) is 0 Å². The van der Waals surface area contributed by atoms with Gasteiger partial charge in [-0.15, -0.1) is 0 Å². The number of rotatable bonds is 6. The fraction of sp³-hybridized carbons (Fsp3) is 0.300. The van der Waals surface area contributed by atoms with Crippen molar-refractivity contribution in [1.29, 1.82) is 0 Å². The number of hydrogen-bond donors (Lipinski definition) is 2. The molecule has 2 aromatic rings. The molecule has 2 rings (SSSR count). The van der Waals surface area contributed by atoms with Crippen LogP contribution in [0.15, 0.2) is 58.3 Å². The molecule has 0 spiro atoms. The molecule has 27 heavy (non-hydrogen) atoms. The first kappa shape index (κ1) is 20.6. The number of sulfone groups is 1. The Morgan fingerprint density at radius 3 is 1.22 bits per heavy atom. The molecule has 2 aromatic carbocycles. The maximum absolute atomic E-state index is 12.7. The molecule has 0 radical (unpaired) electrons. The van der Waals surface area contributed by atoms with E-state index in [1.165, 1.54) is 24.3 Å². The predicted molar refractivity (Wildman–Crippen MR) is 105 cm³/mol. The molecule has 0 atom stereocenters. The van der Waals surface area contributed by atoms with Crippen molar-refractivity contribution >= 4 is 33.0 Å². The lowest BCUT2D eigenvalue weighted by molar-refractivity contribution is -0.119. The maximum atomic E-state index is 12.7. The van der Waals surface area contributed by atoms with Crippen LogP contribution in [0.4, 0.5) is 11.4 Å². The number of hydrogen-bond acceptors (Lipinski definition) is 4. The quantitative estimate of drug-likeness (QED) is 0.789. The highest BCUT2D eigenvalue weighted by atomic mass is 32.2. The van der Waals surface area contributed by atoms with Gasteiger partial charge in [-0.25, -0.2) is 8.42 Å². The minimum atomic E-state index is -3.69. The third-order valence-corrected chi connectivity index (χ3v) is 5.70. The topological polar surface area (TPSA) is 92.3 Å². The zero-order valence-corrected chi connectivity index (χ0v) is 16.6. The van der Waals surface area contributed by atoms with Crippen LogP contribution >= 0.6 is 0 Å². The molecule has 0 saturated carbocycles. The van der Waals surface area contributed by atoms with Crippen molar-refractivity contribution in [2.75, 3.05) is 10.6 Å². The van der Waals surface area contributed by atoms with Crippen molar-refractivity contribution in [3.8, 4) is 0 Å². The van der Waals surface area contributed by atoms with E-state index in [4.69, 9.17) is 0 Å². The van der Waals surface area contributed by atoms with Crippen LogP contribution in [0.5, 0.6) is 0 Å². The SMILES string of the molecule is CC(C)C(=O)Nc1ccc(S(=O)(=O)c2ccc(NC(=O)C(C)C)cc2)cc1. The molecule has 0 unspecified atom stereocenters. The molecule has 2 amide bonds. The lowest BCUT2D eigenvalue weighted by Crippen LogP contribution is -2.17. The molecule has 6 nitrogen and oxygen atoms in total. The standard InChI is InChI=1S/C20H24N2O4S/c1-13(2)19(23)21-15-5-9-17(10-6-15)27(25,26)18-11-7-16(8-12-18)22-20(24)14(3)4/h5-14H,1-4H3,(H,21,23)(H,22,24). The van der Waals surface area contributed by atoms with Crippen LogP contribution in [0.3, 0.4) is 0 Å². The van der Waals surface area contributed by atoms with Crippen molar-refractivity contribution in [2.24, 2.45) is 11.8 Å². The smallest absolute Gasteiger partial charge is 0.226 e. The number of benzene rings is 2. The number of carbonyl (C=O) groups excluding carboxylic acids is 2. The van der Waals surface area contributed by atoms with Crippen molar-refractivity contribution in [3.63, 3.8) is 0 Å². The van der Waals surface area contributed by atoms with Gasteiger partial charge in [0, 0.05) is 23.2 Å². The van der Waals surface area contributed by atoms with E-state index in [1.807, 2.05) is 0 Å². The van der Waals surface area contributed by atoms with Gasteiger partial charge in [-0.2, -0.15) is 0 Å². The Labute approximate surface area is 159 Å². The average molecular weight is 388 g/mol. The lowest BCUT2D eigenvalue weighted by atomic mass is 10.2. The first-order valence-corrected chi connectivity index (χ1v) is 10.2. The van der Waals surface area contributed by atoms with Gasteiger partial charge in [-0.1, -0.05) is 27.7 Å². The van der Waals surface area contributed by atoms with Gasteiger partial charge in [0.25, 0.3) is 0 Å². The molecule has 0 heterocycles. The normalized spacial score (nSPS) is 11.5. The summed E-state index contributed by atoms with van der Waals surface area (Å²) in [5.74, 6) is -0.597. The number of anilines is 2. The summed E-state index contributed by atoms with van der Waals surface area (Å²) in [5.41, 5.74) is 1.08. The second kappa shape index (κ2) is 8.35. The highest BCUT2D eigenvalue weighted by molar-refractivity contribution is 7.91. The summed E-state index contributed by atoms with van der Waals surface area (Å²) in [7, 11) is -3.69. The fourth-order valence-corrected chi connectivity index (χ4v) is 3.41. The van der Waals surface area contributed by atoms with E-state index < -0.39 is 9.84 Å². The Morgan fingerprint density at radius 1 is 0.667 bits per heavy atom. The minimum absolute atomic E-state index is 0.129. The summed E-state index contributed by atoms with van der Waals surface area (Å²) in [6.45, 7) is 7.12. The Kier molecular flexibility index (Phi) is 6.38. The molecule has 0 fully saturated rings. The molecule has 2 N–H and O–H groups in total. The Bertz CT molecular complexity index is 844. The van der Waals surface area contributed by atoms with E-state index in [1.54, 1.807) is 52.0 Å². The third-order valence-electron chi connectivity index (χ3n) is 3.91. The highest BCUT2D eigenvalue weighted by Crippen LogP contribution is 2.24. The van der Waals surface area contributed by atoms with Gasteiger partial charge in [0.15, 0.2) is 0 Å². The van der Waals surface area contributed by atoms with E-state index in [9.17, 15) is 18.0 Å². The van der Waals surface area contributed by atoms with Crippen LogP contribution in [-0.2, 0) is 19.4 Å². The number of carbonyl (C=O) groups is 2. The monoisotopic (exact) mass is 388 g/mol. The fourth-order valence-electron chi connectivity index (χ4n) is 2.14. The van der Waals surface area contributed by atoms with Gasteiger partial charge in [-0.3, -0.25) is 9.59 Å². The third kappa shape index (κ3) is 5.17. The average Bonchev–Trinajstić information content (AvgIpc) is 2.62. The van der Waals surface area contributed by atoms with Crippen LogP contribution in [-0.4, -0.2) is 20.2 Å². The van der Waals surface area contributed by atoms with Crippen molar-refractivity contribution in [2.45, 2.75) is 37.5 Å². The van der Waals surface area contributed by atoms with E-state index >= 15 is 0 Å². The van der Waals surface area contributed by atoms with Gasteiger partial charge in [0.1, 0.15) is 0 Å². The van der Waals surface area contributed by atoms with Crippen LogP contribution in [0.25, 0.3) is 0 Å². The van der Waals surface area contributed by atoms with Gasteiger partial charge in [0.05, 0.1) is 9.79 Å². The highest BCUT2D eigenvalue weighted by Gasteiger charge is 2.18. The number of amides is 2. The lowest BCUT2D eigenvalue weighted by Gasteiger charge is -2.10. The summed E-state index contributed by atoms with van der Waals surface area (Å²) in [4.78, 5) is 23.7. The summed E-state index contributed by atoms with van der Waals surface area (Å²) in [5, 5.41) is 5.44. The molecule has 0 saturated heterocycles. The molecule has 0 bridgehead atoms. The van der Waals surface area contributed by atoms with Crippen LogP contribution in [0.1, 0.15) is 27.7 Å². The van der Waals surface area contributed by atoms with E-state index in [0.717, 1.165) is 0 Å². The van der Waals surface area contributed by atoms with Gasteiger partial charge in [0.2, 0.25) is 21.7 Å². The predicted octanol–water partition coefficient (Wildman–Crippen LogP) is 3.71. The summed E-state index contributed by atoms with van der Waals surface area (Å²) >= 11 is 0. The van der Waals surface area contributed by atoms with Gasteiger partial charge in [-0.05, 0) is 48.5 Å². The molecule has 0 aliphatic heterocycles. The number of nitrogens with one attached hydrogen (secondary N) is 2. The molecular formula is C20H24N2O4S.